The molecule has 5 rings (SSSR count). The van der Waals surface area contributed by atoms with Crippen LogP contribution in [-0.4, -0.2) is 134 Å². The third-order valence-electron chi connectivity index (χ3n) is 10.1. The Hall–Kier alpha value is -3.22. The third kappa shape index (κ3) is 6.16. The van der Waals surface area contributed by atoms with E-state index >= 15 is 0 Å². The molecule has 0 aromatic carbocycles. The van der Waals surface area contributed by atoms with E-state index in [4.69, 9.17) is 5.73 Å². The van der Waals surface area contributed by atoms with Crippen LogP contribution in [0.4, 0.5) is 0 Å². The van der Waals surface area contributed by atoms with E-state index in [-0.39, 0.29) is 35.5 Å². The Bertz CT molecular complexity index is 1160. The molecule has 0 bridgehead atoms. The minimum Gasteiger partial charge on any atom is -0.480 e. The molecule has 5 aliphatic rings. The SMILES string of the molecule is CC(C)C[C@H](N)C(=O)N1CCC[C@H]1C(=O)N1CCC[C@H]1C(=O)N1CCC[C@H]1C(=O)N1CCC[C@H]1C(=O)N1CCC[C@H]1C(=O)O. The summed E-state index contributed by atoms with van der Waals surface area (Å²) in [5, 5.41) is 9.58. The summed E-state index contributed by atoms with van der Waals surface area (Å²) in [5.74, 6) is -2.09. The van der Waals surface area contributed by atoms with Crippen molar-refractivity contribution in [2.45, 2.75) is 121 Å². The number of carbonyl (C=O) groups excluding carboxylic acids is 5. The van der Waals surface area contributed by atoms with Crippen LogP contribution in [0.1, 0.15) is 84.5 Å². The summed E-state index contributed by atoms with van der Waals surface area (Å²) < 4.78 is 0. The van der Waals surface area contributed by atoms with E-state index in [0.717, 1.165) is 0 Å². The van der Waals surface area contributed by atoms with Gasteiger partial charge >= 0.3 is 5.97 Å². The lowest BCUT2D eigenvalue weighted by atomic mass is 10.0. The predicted octanol–water partition coefficient (Wildman–Crippen LogP) is 0.399. The van der Waals surface area contributed by atoms with Gasteiger partial charge in [0.2, 0.25) is 29.5 Å². The molecule has 0 saturated carbocycles. The molecule has 5 fully saturated rings. The molecule has 0 aromatic rings. The number of hydrogen-bond donors (Lipinski definition) is 2. The predicted molar refractivity (Wildman–Crippen MR) is 159 cm³/mol. The van der Waals surface area contributed by atoms with Crippen molar-refractivity contribution in [3.63, 3.8) is 0 Å². The standard InChI is InChI=1S/C31H48N6O7/c1-19(2)18-20(32)26(38)33-13-3-8-21(33)27(39)34-14-4-9-22(34)28(40)35-15-5-10-23(35)29(41)36-16-6-11-24(36)30(42)37-17-7-12-25(37)31(43)44/h19-25H,3-18,32H2,1-2H3,(H,43,44)/t20-,21-,22-,23-,24-,25-/m0/s1. The highest BCUT2D eigenvalue weighted by molar-refractivity contribution is 5.97. The van der Waals surface area contributed by atoms with Gasteiger partial charge in [0.15, 0.2) is 0 Å². The zero-order valence-corrected chi connectivity index (χ0v) is 26.1. The van der Waals surface area contributed by atoms with Gasteiger partial charge in [0.1, 0.15) is 30.2 Å². The zero-order valence-electron chi connectivity index (χ0n) is 26.1. The van der Waals surface area contributed by atoms with Crippen molar-refractivity contribution in [1.82, 2.24) is 24.5 Å². The summed E-state index contributed by atoms with van der Waals surface area (Å²) in [6.07, 6.45) is 6.15. The minimum absolute atomic E-state index is 0.222. The smallest absolute Gasteiger partial charge is 0.326 e. The average molecular weight is 617 g/mol. The Kier molecular flexibility index (Phi) is 9.81. The fourth-order valence-corrected chi connectivity index (χ4v) is 8.02. The topological polar surface area (TPSA) is 165 Å². The fraction of sp³-hybridized carbons (Fsp3) is 0.806. The van der Waals surface area contributed by atoms with Gasteiger partial charge in [-0.05, 0) is 76.5 Å². The van der Waals surface area contributed by atoms with E-state index in [9.17, 15) is 33.9 Å². The van der Waals surface area contributed by atoms with Crippen LogP contribution in [0.15, 0.2) is 0 Å². The molecule has 6 atom stereocenters. The highest BCUT2D eigenvalue weighted by Crippen LogP contribution is 2.31. The van der Waals surface area contributed by atoms with Crippen molar-refractivity contribution in [3.05, 3.63) is 0 Å². The van der Waals surface area contributed by atoms with Crippen molar-refractivity contribution < 1.29 is 33.9 Å². The van der Waals surface area contributed by atoms with Gasteiger partial charge in [0, 0.05) is 32.7 Å². The van der Waals surface area contributed by atoms with E-state index in [0.29, 0.717) is 103 Å². The molecular formula is C31H48N6O7. The van der Waals surface area contributed by atoms with Crippen LogP contribution in [0, 0.1) is 5.92 Å². The number of aliphatic carboxylic acids is 1. The highest BCUT2D eigenvalue weighted by Gasteiger charge is 2.49. The summed E-state index contributed by atoms with van der Waals surface area (Å²) in [6, 6.07) is -4.32. The Balaban J connectivity index is 1.26. The molecule has 0 aromatic heterocycles. The van der Waals surface area contributed by atoms with Crippen molar-refractivity contribution in [3.8, 4) is 0 Å². The maximum absolute atomic E-state index is 14.0. The highest BCUT2D eigenvalue weighted by atomic mass is 16.4. The van der Waals surface area contributed by atoms with Crippen LogP contribution in [-0.2, 0) is 28.8 Å². The Labute approximate surface area is 259 Å². The van der Waals surface area contributed by atoms with Gasteiger partial charge in [-0.2, -0.15) is 0 Å². The number of likely N-dealkylation sites (tertiary alicyclic amines) is 5. The molecule has 13 heteroatoms. The van der Waals surface area contributed by atoms with Gasteiger partial charge in [-0.1, -0.05) is 13.8 Å². The minimum atomic E-state index is -1.03. The molecule has 244 valence electrons. The van der Waals surface area contributed by atoms with Gasteiger partial charge in [0.25, 0.3) is 0 Å². The second-order valence-electron chi connectivity index (χ2n) is 13.5. The van der Waals surface area contributed by atoms with Gasteiger partial charge in [-0.3, -0.25) is 24.0 Å². The molecule has 5 saturated heterocycles. The number of amides is 5. The average Bonchev–Trinajstić information content (AvgIpc) is 3.83. The number of rotatable bonds is 8. The van der Waals surface area contributed by atoms with Crippen LogP contribution in [0.2, 0.25) is 0 Å². The van der Waals surface area contributed by atoms with Crippen LogP contribution in [0.25, 0.3) is 0 Å². The number of hydrogen-bond acceptors (Lipinski definition) is 7. The first-order valence-electron chi connectivity index (χ1n) is 16.5. The number of carbonyl (C=O) groups is 6. The van der Waals surface area contributed by atoms with Crippen LogP contribution >= 0.6 is 0 Å². The molecule has 3 N–H and O–H groups in total. The second kappa shape index (κ2) is 13.4. The van der Waals surface area contributed by atoms with E-state index in [1.54, 1.807) is 19.6 Å². The summed E-state index contributed by atoms with van der Waals surface area (Å²) in [7, 11) is 0. The molecule has 5 amide bonds. The van der Waals surface area contributed by atoms with E-state index in [2.05, 4.69) is 0 Å². The van der Waals surface area contributed by atoms with E-state index < -0.39 is 42.2 Å². The monoisotopic (exact) mass is 616 g/mol. The molecule has 44 heavy (non-hydrogen) atoms. The summed E-state index contributed by atoms with van der Waals surface area (Å²) in [5.41, 5.74) is 6.19. The van der Waals surface area contributed by atoms with E-state index in [1.807, 2.05) is 13.8 Å². The molecule has 5 heterocycles. The maximum Gasteiger partial charge on any atom is 0.326 e. The van der Waals surface area contributed by atoms with Gasteiger partial charge in [0.05, 0.1) is 6.04 Å². The fourth-order valence-electron chi connectivity index (χ4n) is 8.02. The molecule has 0 unspecified atom stereocenters. The van der Waals surface area contributed by atoms with Gasteiger partial charge in [-0.25, -0.2) is 4.79 Å². The Morgan fingerprint density at radius 1 is 0.568 bits per heavy atom. The van der Waals surface area contributed by atoms with Gasteiger partial charge in [-0.15, -0.1) is 0 Å². The molecule has 0 spiro atoms. The summed E-state index contributed by atoms with van der Waals surface area (Å²) in [4.78, 5) is 87.8. The van der Waals surface area contributed by atoms with Crippen molar-refractivity contribution >= 4 is 35.5 Å². The molecule has 0 radical (unpaired) electrons. The third-order valence-corrected chi connectivity index (χ3v) is 10.1. The lowest BCUT2D eigenvalue weighted by Crippen LogP contribution is -2.58. The molecule has 5 aliphatic heterocycles. The van der Waals surface area contributed by atoms with Crippen LogP contribution < -0.4 is 5.73 Å². The quantitative estimate of drug-likeness (QED) is 0.396. The summed E-state index contributed by atoms with van der Waals surface area (Å²) in [6.45, 7) is 6.03. The largest absolute Gasteiger partial charge is 0.480 e. The second-order valence-corrected chi connectivity index (χ2v) is 13.5. The Morgan fingerprint density at radius 2 is 0.864 bits per heavy atom. The zero-order chi connectivity index (χ0) is 31.7. The van der Waals surface area contributed by atoms with Crippen molar-refractivity contribution in [2.75, 3.05) is 32.7 Å². The molecular weight excluding hydrogens is 568 g/mol. The first-order chi connectivity index (χ1) is 21.0. The molecule has 13 nitrogen and oxygen atoms in total. The number of carboxylic acid groups (broad SMARTS) is 1. The number of carboxylic acids is 1. The normalized spacial score (nSPS) is 29.6. The molecule has 0 aliphatic carbocycles. The first kappa shape index (κ1) is 32.2. The van der Waals surface area contributed by atoms with Crippen LogP contribution in [0.3, 0.4) is 0 Å². The number of nitrogens with zero attached hydrogens (tertiary/aromatic N) is 5. The Morgan fingerprint density at radius 3 is 1.20 bits per heavy atom. The van der Waals surface area contributed by atoms with Crippen molar-refractivity contribution in [2.24, 2.45) is 11.7 Å². The van der Waals surface area contributed by atoms with Crippen LogP contribution in [0.5, 0.6) is 0 Å². The maximum atomic E-state index is 14.0. The number of nitrogens with two attached hydrogens (primary N) is 1. The first-order valence-corrected chi connectivity index (χ1v) is 16.5. The lowest BCUT2D eigenvalue weighted by molar-refractivity contribution is -0.155. The lowest BCUT2D eigenvalue weighted by Gasteiger charge is -2.36. The van der Waals surface area contributed by atoms with E-state index in [1.165, 1.54) is 4.90 Å². The van der Waals surface area contributed by atoms with Crippen molar-refractivity contribution in [1.29, 1.82) is 0 Å². The summed E-state index contributed by atoms with van der Waals surface area (Å²) >= 11 is 0. The van der Waals surface area contributed by atoms with Gasteiger partial charge < -0.3 is 35.3 Å².